The first-order chi connectivity index (χ1) is 16.7. The van der Waals surface area contributed by atoms with Gasteiger partial charge < -0.3 is 9.83 Å². The number of benzene rings is 2. The van der Waals surface area contributed by atoms with Crippen LogP contribution in [-0.2, 0) is 0 Å². The Labute approximate surface area is 226 Å². The van der Waals surface area contributed by atoms with E-state index in [1.807, 2.05) is 43.5 Å². The molecule has 2 heterocycles. The van der Waals surface area contributed by atoms with Crippen molar-refractivity contribution in [2.75, 3.05) is 11.0 Å². The number of carboxylic acid groups (broad SMARTS) is 1. The summed E-state index contributed by atoms with van der Waals surface area (Å²) in [6.07, 6.45) is 1.94. The summed E-state index contributed by atoms with van der Waals surface area (Å²) in [6.45, 7) is 6.00. The molecule has 0 fully saturated rings. The van der Waals surface area contributed by atoms with Crippen LogP contribution in [0.5, 0.6) is 0 Å². The minimum Gasteiger partial charge on any atom is -0.476 e. The zero-order chi connectivity index (χ0) is 25.3. The van der Waals surface area contributed by atoms with E-state index in [0.717, 1.165) is 26.7 Å². The summed E-state index contributed by atoms with van der Waals surface area (Å²) >= 11 is 16.9. The molecule has 2 N–H and O–H groups in total. The van der Waals surface area contributed by atoms with Gasteiger partial charge in [-0.25, -0.2) is 9.78 Å². The van der Waals surface area contributed by atoms with Crippen molar-refractivity contribution in [2.45, 2.75) is 30.2 Å². The Bertz CT molecular complexity index is 1380. The lowest BCUT2D eigenvalue weighted by atomic mass is 10.0. The van der Waals surface area contributed by atoms with Crippen LogP contribution in [0.3, 0.4) is 0 Å². The Morgan fingerprint density at radius 3 is 2.40 bits per heavy atom. The van der Waals surface area contributed by atoms with Crippen molar-refractivity contribution in [3.05, 3.63) is 63.9 Å². The normalized spacial score (nSPS) is 11.3. The van der Waals surface area contributed by atoms with Crippen LogP contribution in [0, 0.1) is 6.92 Å². The lowest BCUT2D eigenvalue weighted by Crippen LogP contribution is -2.09. The Morgan fingerprint density at radius 1 is 1.11 bits per heavy atom. The van der Waals surface area contributed by atoms with E-state index < -0.39 is 5.97 Å². The molecule has 0 aliphatic carbocycles. The highest BCUT2D eigenvalue weighted by Gasteiger charge is 2.27. The van der Waals surface area contributed by atoms with Crippen molar-refractivity contribution in [1.82, 2.24) is 14.8 Å². The predicted molar refractivity (Wildman–Crippen MR) is 150 cm³/mol. The molecule has 0 spiro atoms. The van der Waals surface area contributed by atoms with Gasteiger partial charge in [0, 0.05) is 28.3 Å². The summed E-state index contributed by atoms with van der Waals surface area (Å²) in [5.74, 6) is -1.07. The molecule has 11 heteroatoms. The minimum absolute atomic E-state index is 0.0728. The number of aromatic nitrogens is 3. The van der Waals surface area contributed by atoms with Gasteiger partial charge in [-0.2, -0.15) is 9.78 Å². The molecule has 0 saturated carbocycles. The number of rotatable bonds is 8. The molecule has 0 bridgehead atoms. The van der Waals surface area contributed by atoms with Crippen LogP contribution in [-0.4, -0.2) is 37.3 Å². The van der Waals surface area contributed by atoms with E-state index in [1.165, 1.54) is 28.0 Å². The molecule has 0 aliphatic rings. The fourth-order valence-electron chi connectivity index (χ4n) is 3.54. The molecular weight excluding hydrogens is 543 g/mol. The molecule has 4 aromatic rings. The number of hydrogen-bond acceptors (Lipinski definition) is 7. The quantitative estimate of drug-likeness (QED) is 0.165. The molecule has 0 radical (unpaired) electrons. The second-order valence-corrected chi connectivity index (χ2v) is 12.1. The average molecular weight is 566 g/mol. The number of anilines is 1. The molecule has 6 nitrogen and oxygen atoms in total. The number of carboxylic acids is 1. The van der Waals surface area contributed by atoms with E-state index >= 15 is 0 Å². The summed E-state index contributed by atoms with van der Waals surface area (Å²) in [4.78, 5) is 17.3. The van der Waals surface area contributed by atoms with Crippen molar-refractivity contribution in [2.24, 2.45) is 0 Å². The van der Waals surface area contributed by atoms with Crippen LogP contribution >= 0.6 is 58.2 Å². The summed E-state index contributed by atoms with van der Waals surface area (Å²) < 4.78 is 5.55. The van der Waals surface area contributed by atoms with E-state index in [2.05, 4.69) is 23.7 Å². The van der Waals surface area contributed by atoms with E-state index in [4.69, 9.17) is 28.2 Å². The summed E-state index contributed by atoms with van der Waals surface area (Å²) in [5, 5.41) is 16.5. The third kappa shape index (κ3) is 5.49. The monoisotopic (exact) mass is 564 g/mol. The molecule has 0 unspecified atom stereocenters. The fourth-order valence-corrected chi connectivity index (χ4v) is 6.69. The summed E-state index contributed by atoms with van der Waals surface area (Å²) in [6, 6.07) is 13.0. The first-order valence-electron chi connectivity index (χ1n) is 10.5. The average Bonchev–Trinajstić information content (AvgIpc) is 3.37. The molecule has 4 rings (SSSR count). The van der Waals surface area contributed by atoms with Crippen LogP contribution in [0.2, 0.25) is 10.0 Å². The molecule has 0 amide bonds. The van der Waals surface area contributed by atoms with E-state index in [0.29, 0.717) is 31.7 Å². The number of thiazole rings is 1. The van der Waals surface area contributed by atoms with Gasteiger partial charge in [-0.1, -0.05) is 78.5 Å². The van der Waals surface area contributed by atoms with Gasteiger partial charge >= 0.3 is 5.97 Å². The second-order valence-electron chi connectivity index (χ2n) is 7.84. The van der Waals surface area contributed by atoms with Gasteiger partial charge in [-0.15, -0.1) is 11.8 Å². The first-order valence-corrected chi connectivity index (χ1v) is 14.2. The van der Waals surface area contributed by atoms with Gasteiger partial charge in [0.25, 0.3) is 0 Å². The van der Waals surface area contributed by atoms with Crippen molar-refractivity contribution in [3.63, 3.8) is 0 Å². The Hall–Kier alpha value is -2.17. The number of aromatic carboxylic acids is 1. The first kappa shape index (κ1) is 25.9. The van der Waals surface area contributed by atoms with Crippen LogP contribution in [0.1, 0.15) is 30.0 Å². The smallest absolute Gasteiger partial charge is 0.355 e. The molecule has 0 atom stereocenters. The van der Waals surface area contributed by atoms with Crippen molar-refractivity contribution in [1.29, 1.82) is 0 Å². The number of nitrogens with one attached hydrogen (secondary N) is 1. The fraction of sp³-hybridized carbons (Fsp3) is 0.208. The third-order valence-electron chi connectivity index (χ3n) is 4.96. The van der Waals surface area contributed by atoms with Gasteiger partial charge in [-0.3, -0.25) is 0 Å². The zero-order valence-corrected chi connectivity index (χ0v) is 23.3. The number of hydrogen-bond donors (Lipinski definition) is 2. The van der Waals surface area contributed by atoms with E-state index in [9.17, 15) is 9.90 Å². The lowest BCUT2D eigenvalue weighted by Gasteiger charge is -2.06. The van der Waals surface area contributed by atoms with Crippen molar-refractivity contribution in [3.8, 4) is 27.5 Å². The van der Waals surface area contributed by atoms with Gasteiger partial charge in [0.2, 0.25) is 5.13 Å². The maximum absolute atomic E-state index is 12.5. The number of nitrogens with zero attached hydrogens (tertiary/aromatic N) is 3. The van der Waals surface area contributed by atoms with Crippen molar-refractivity contribution >= 4 is 69.9 Å². The molecular formula is C24H22Cl2N4O2S3. The number of thioether (sulfide) groups is 1. The molecule has 2 aromatic heterocycles. The number of halogens is 2. The Balaban J connectivity index is 1.86. The van der Waals surface area contributed by atoms with Gasteiger partial charge in [0.15, 0.2) is 5.69 Å². The van der Waals surface area contributed by atoms with E-state index in [-0.39, 0.29) is 5.69 Å². The summed E-state index contributed by atoms with van der Waals surface area (Å²) in [7, 11) is 0. The van der Waals surface area contributed by atoms with Gasteiger partial charge in [-0.05, 0) is 36.8 Å². The van der Waals surface area contributed by atoms with Crippen LogP contribution in [0.25, 0.3) is 27.5 Å². The maximum Gasteiger partial charge on any atom is 0.355 e. The molecule has 35 heavy (non-hydrogen) atoms. The van der Waals surface area contributed by atoms with Gasteiger partial charge in [0.1, 0.15) is 0 Å². The highest BCUT2D eigenvalue weighted by Crippen LogP contribution is 2.42. The largest absolute Gasteiger partial charge is 0.476 e. The van der Waals surface area contributed by atoms with Crippen molar-refractivity contribution < 1.29 is 9.90 Å². The van der Waals surface area contributed by atoms with Gasteiger partial charge in [0.05, 0.1) is 25.6 Å². The third-order valence-corrected chi connectivity index (χ3v) is 8.38. The van der Waals surface area contributed by atoms with Crippen LogP contribution < -0.4 is 4.72 Å². The number of carbonyl (C=O) groups is 1. The minimum atomic E-state index is -1.07. The zero-order valence-electron chi connectivity index (χ0n) is 19.3. The highest BCUT2D eigenvalue weighted by molar-refractivity contribution is 8.01. The maximum atomic E-state index is 12.5. The Kier molecular flexibility index (Phi) is 8.02. The topological polar surface area (TPSA) is 80.0 Å². The van der Waals surface area contributed by atoms with Crippen LogP contribution in [0.4, 0.5) is 5.69 Å². The lowest BCUT2D eigenvalue weighted by molar-refractivity contribution is 0.0688. The standard InChI is InChI=1S/C24H22Cl2N4O2S3/c1-12(2)34-23-20(15-7-10-17(25)18(26)11-15)27-24(35-23)30-21(22(31)32)19(13(3)28-30)14-5-8-16(9-6-14)29-33-4/h5-12,29H,1-4H3,(H,31,32). The number of aryl methyl sites for hydroxylation is 1. The predicted octanol–water partition coefficient (Wildman–Crippen LogP) is 8.17. The summed E-state index contributed by atoms with van der Waals surface area (Å²) in [5.41, 5.74) is 4.49. The molecule has 2 aromatic carbocycles. The molecule has 182 valence electrons. The molecule has 0 saturated heterocycles. The van der Waals surface area contributed by atoms with E-state index in [1.54, 1.807) is 23.9 Å². The highest BCUT2D eigenvalue weighted by atomic mass is 35.5. The van der Waals surface area contributed by atoms with Crippen LogP contribution in [0.15, 0.2) is 46.7 Å². The SMILES string of the molecule is CSNc1ccc(-c2c(C)nn(-c3nc(-c4ccc(Cl)c(Cl)c4)c(SC(C)C)s3)c2C(=O)O)cc1. The second kappa shape index (κ2) is 10.8. The Morgan fingerprint density at radius 2 is 1.80 bits per heavy atom. The molecule has 0 aliphatic heterocycles.